The summed E-state index contributed by atoms with van der Waals surface area (Å²) in [5.41, 5.74) is 22.3. The van der Waals surface area contributed by atoms with Crippen LogP contribution in [0.5, 0.6) is 0 Å². The van der Waals surface area contributed by atoms with Crippen LogP contribution in [0.2, 0.25) is 0 Å². The number of nitrogens with zero attached hydrogens (tertiary/aromatic N) is 1. The zero-order valence-corrected chi connectivity index (χ0v) is 38.1. The van der Waals surface area contributed by atoms with Gasteiger partial charge in [0, 0.05) is 17.1 Å². The molecule has 2 aliphatic carbocycles. The summed E-state index contributed by atoms with van der Waals surface area (Å²) in [7, 11) is 0. The summed E-state index contributed by atoms with van der Waals surface area (Å²) >= 11 is 0. The van der Waals surface area contributed by atoms with Crippen LogP contribution in [-0.2, 0) is 10.8 Å². The normalized spacial score (nSPS) is 13.4. The van der Waals surface area contributed by atoms with Gasteiger partial charge in [-0.25, -0.2) is 0 Å². The van der Waals surface area contributed by atoms with Crippen molar-refractivity contribution in [2.24, 2.45) is 0 Å². The highest BCUT2D eigenvalue weighted by atomic mass is 15.1. The van der Waals surface area contributed by atoms with Crippen LogP contribution < -0.4 is 4.90 Å². The first-order valence-electron chi connectivity index (χ1n) is 24.0. The van der Waals surface area contributed by atoms with Gasteiger partial charge in [0.2, 0.25) is 0 Å². The van der Waals surface area contributed by atoms with E-state index in [9.17, 15) is 0 Å². The summed E-state index contributed by atoms with van der Waals surface area (Å²) in [6.07, 6.45) is 0. The Balaban J connectivity index is 0.992. The van der Waals surface area contributed by atoms with Gasteiger partial charge in [0.1, 0.15) is 0 Å². The van der Waals surface area contributed by atoms with Crippen LogP contribution in [0.4, 0.5) is 17.1 Å². The van der Waals surface area contributed by atoms with Crippen molar-refractivity contribution >= 4 is 17.1 Å². The van der Waals surface area contributed by atoms with Gasteiger partial charge in [-0.1, -0.05) is 249 Å². The summed E-state index contributed by atoms with van der Waals surface area (Å²) in [5.74, 6) is 0. The Kier molecular flexibility index (Phi) is 9.70. The first-order chi connectivity index (χ1) is 34.2. The van der Waals surface area contributed by atoms with E-state index in [1.54, 1.807) is 0 Å². The minimum atomic E-state index is -0.565. The predicted molar refractivity (Wildman–Crippen MR) is 287 cm³/mol. The van der Waals surface area contributed by atoms with E-state index in [4.69, 9.17) is 0 Å². The van der Waals surface area contributed by atoms with Crippen LogP contribution in [0.3, 0.4) is 0 Å². The van der Waals surface area contributed by atoms with Gasteiger partial charge in [-0.05, 0) is 125 Å². The molecule has 11 aromatic rings. The summed E-state index contributed by atoms with van der Waals surface area (Å²) in [6.45, 7) is 0. The maximum atomic E-state index is 2.45. The number of benzene rings is 11. The maximum absolute atomic E-state index is 2.45. The molecule has 0 atom stereocenters. The van der Waals surface area contributed by atoms with E-state index >= 15 is 0 Å². The molecular formula is C68H47N. The van der Waals surface area contributed by atoms with Crippen LogP contribution >= 0.6 is 0 Å². The molecule has 0 unspecified atom stereocenters. The number of anilines is 3. The zero-order valence-electron chi connectivity index (χ0n) is 38.1. The summed E-state index contributed by atoms with van der Waals surface area (Å²) < 4.78 is 0. The van der Waals surface area contributed by atoms with E-state index in [1.807, 2.05) is 0 Å². The molecule has 0 bridgehead atoms. The lowest BCUT2D eigenvalue weighted by atomic mass is 9.51. The molecule has 2 aliphatic rings. The van der Waals surface area contributed by atoms with Crippen LogP contribution in [0.25, 0.3) is 44.5 Å². The summed E-state index contributed by atoms with van der Waals surface area (Å²) in [4.78, 5) is 2.42. The summed E-state index contributed by atoms with van der Waals surface area (Å²) in [5, 5.41) is 0. The second-order valence-electron chi connectivity index (χ2n) is 18.3. The standard InChI is InChI=1S/C68H47N/c1-5-19-48(20-6-1)50-33-35-51(36-34-50)53-39-43-57(44-40-53)69(56-41-37-52(38-42-56)49-21-7-2-8-22-49)58-45-46-62-60(47-58)59-27-13-14-28-61(59)68(62)65-31-17-15-29-63(65)67(54-23-9-3-10-24-54,55-25-11-4-12-26-55)64-30-16-18-32-66(64)68/h1-47H. The van der Waals surface area contributed by atoms with Crippen LogP contribution in [0, 0.1) is 0 Å². The van der Waals surface area contributed by atoms with Crippen LogP contribution in [0.1, 0.15) is 44.5 Å². The smallest absolute Gasteiger partial charge is 0.0720 e. The van der Waals surface area contributed by atoms with Gasteiger partial charge in [0.25, 0.3) is 0 Å². The first-order valence-corrected chi connectivity index (χ1v) is 24.0. The maximum Gasteiger partial charge on any atom is 0.0720 e. The average molecular weight is 878 g/mol. The van der Waals surface area contributed by atoms with Crippen molar-refractivity contribution < 1.29 is 0 Å². The molecule has 1 heteroatoms. The van der Waals surface area contributed by atoms with Crippen LogP contribution in [-0.4, -0.2) is 0 Å². The predicted octanol–water partition coefficient (Wildman–Crippen LogP) is 17.2. The highest BCUT2D eigenvalue weighted by Gasteiger charge is 2.56. The lowest BCUT2D eigenvalue weighted by molar-refractivity contribution is 0.623. The zero-order chi connectivity index (χ0) is 45.8. The van der Waals surface area contributed by atoms with Crippen molar-refractivity contribution in [1.29, 1.82) is 0 Å². The monoisotopic (exact) mass is 877 g/mol. The largest absolute Gasteiger partial charge is 0.310 e. The van der Waals surface area contributed by atoms with E-state index in [-0.39, 0.29) is 0 Å². The third-order valence-corrected chi connectivity index (χ3v) is 14.9. The topological polar surface area (TPSA) is 3.24 Å². The molecule has 324 valence electrons. The highest BCUT2D eigenvalue weighted by Crippen LogP contribution is 2.65. The molecule has 0 amide bonds. The summed E-state index contributed by atoms with van der Waals surface area (Å²) in [6, 6.07) is 105. The third kappa shape index (κ3) is 6.32. The van der Waals surface area contributed by atoms with Gasteiger partial charge in [0.15, 0.2) is 0 Å². The fraction of sp³-hybridized carbons (Fsp3) is 0.0294. The fourth-order valence-electron chi connectivity index (χ4n) is 11.9. The average Bonchev–Trinajstić information content (AvgIpc) is 3.73. The highest BCUT2D eigenvalue weighted by molar-refractivity contribution is 5.93. The van der Waals surface area contributed by atoms with E-state index < -0.39 is 10.8 Å². The first kappa shape index (κ1) is 40.5. The third-order valence-electron chi connectivity index (χ3n) is 14.9. The number of rotatable bonds is 8. The van der Waals surface area contributed by atoms with Crippen molar-refractivity contribution in [3.8, 4) is 44.5 Å². The van der Waals surface area contributed by atoms with Crippen molar-refractivity contribution in [1.82, 2.24) is 0 Å². The Morgan fingerprint density at radius 1 is 0.203 bits per heavy atom. The Labute approximate surface area is 404 Å². The minimum Gasteiger partial charge on any atom is -0.310 e. The molecule has 0 N–H and O–H groups in total. The molecule has 69 heavy (non-hydrogen) atoms. The number of fused-ring (bicyclic) bond motifs is 9. The Hall–Kier alpha value is -8.78. The second-order valence-corrected chi connectivity index (χ2v) is 18.3. The van der Waals surface area contributed by atoms with Crippen molar-refractivity contribution in [2.75, 3.05) is 4.90 Å². The Morgan fingerprint density at radius 2 is 0.507 bits per heavy atom. The van der Waals surface area contributed by atoms with E-state index in [0.717, 1.165) is 17.1 Å². The van der Waals surface area contributed by atoms with E-state index in [2.05, 4.69) is 290 Å². The van der Waals surface area contributed by atoms with Gasteiger partial charge in [-0.2, -0.15) is 0 Å². The van der Waals surface area contributed by atoms with Gasteiger partial charge in [-0.15, -0.1) is 0 Å². The molecule has 1 nitrogen and oxygen atoms in total. The molecule has 13 rings (SSSR count). The molecule has 1 spiro atoms. The van der Waals surface area contributed by atoms with Gasteiger partial charge < -0.3 is 4.90 Å². The van der Waals surface area contributed by atoms with Gasteiger partial charge >= 0.3 is 0 Å². The lowest BCUT2D eigenvalue weighted by Crippen LogP contribution is -2.44. The molecule has 0 saturated carbocycles. The van der Waals surface area contributed by atoms with Gasteiger partial charge in [0.05, 0.1) is 10.8 Å². The SMILES string of the molecule is c1ccc(-c2ccc(-c3ccc(N(c4ccc(-c5ccccc5)cc4)c4ccc5c(c4)-c4ccccc4C54c5ccccc5C(c5ccccc5)(c5ccccc5)c5ccccc54)cc3)cc2)cc1. The molecule has 0 aromatic heterocycles. The van der Waals surface area contributed by atoms with E-state index in [0.29, 0.717) is 0 Å². The molecule has 0 aliphatic heterocycles. The van der Waals surface area contributed by atoms with E-state index in [1.165, 1.54) is 89.0 Å². The van der Waals surface area contributed by atoms with Gasteiger partial charge in [-0.3, -0.25) is 0 Å². The minimum absolute atomic E-state index is 0.544. The Morgan fingerprint density at radius 3 is 0.942 bits per heavy atom. The molecule has 0 fully saturated rings. The molecule has 0 radical (unpaired) electrons. The van der Waals surface area contributed by atoms with Crippen molar-refractivity contribution in [2.45, 2.75) is 10.8 Å². The fourth-order valence-corrected chi connectivity index (χ4v) is 11.9. The second kappa shape index (κ2) is 16.5. The quantitative estimate of drug-likeness (QED) is 0.147. The van der Waals surface area contributed by atoms with Crippen molar-refractivity contribution in [3.63, 3.8) is 0 Å². The number of hydrogen-bond acceptors (Lipinski definition) is 1. The van der Waals surface area contributed by atoms with Crippen LogP contribution in [0.15, 0.2) is 285 Å². The lowest BCUT2D eigenvalue weighted by Gasteiger charge is -2.50. The molecular weight excluding hydrogens is 831 g/mol. The molecule has 0 heterocycles. The Bertz CT molecular complexity index is 3530. The molecule has 11 aromatic carbocycles. The molecule has 0 saturated heterocycles. The van der Waals surface area contributed by atoms with Crippen molar-refractivity contribution in [3.05, 3.63) is 330 Å². The number of hydrogen-bond donors (Lipinski definition) is 0.